The molecule has 1 heteroatoms. The fourth-order valence-corrected chi connectivity index (χ4v) is 8.43. The van der Waals surface area contributed by atoms with E-state index in [2.05, 4.69) is 205 Å². The Kier molecular flexibility index (Phi) is 6.62. The number of hydrogen-bond acceptors (Lipinski definition) is 1. The van der Waals surface area contributed by atoms with Gasteiger partial charge in [0.1, 0.15) is 0 Å². The molecular formula is C52H33N. The Bertz CT molecular complexity index is 3030. The number of nitrogens with zero attached hydrogens (tertiary/aromatic N) is 1. The lowest BCUT2D eigenvalue weighted by molar-refractivity contribution is 1.30. The van der Waals surface area contributed by atoms with Crippen LogP contribution in [0.4, 0.5) is 17.1 Å². The quantitative estimate of drug-likeness (QED) is 0.165. The van der Waals surface area contributed by atoms with Gasteiger partial charge in [-0.25, -0.2) is 0 Å². The lowest BCUT2D eigenvalue weighted by atomic mass is 9.78. The van der Waals surface area contributed by atoms with Gasteiger partial charge in [0.15, 0.2) is 0 Å². The largest absolute Gasteiger partial charge is 0.310 e. The van der Waals surface area contributed by atoms with Gasteiger partial charge in [-0.05, 0) is 143 Å². The molecule has 0 saturated carbocycles. The predicted octanol–water partition coefficient (Wildman–Crippen LogP) is 14.8. The fourth-order valence-electron chi connectivity index (χ4n) is 8.43. The third-order valence-electron chi connectivity index (χ3n) is 11.1. The highest BCUT2D eigenvalue weighted by molar-refractivity contribution is 6.14. The fraction of sp³-hybridized carbons (Fsp3) is 0. The van der Waals surface area contributed by atoms with Crippen molar-refractivity contribution in [1.82, 2.24) is 0 Å². The Morgan fingerprint density at radius 3 is 1.42 bits per heavy atom. The van der Waals surface area contributed by atoms with Crippen molar-refractivity contribution in [3.05, 3.63) is 200 Å². The van der Waals surface area contributed by atoms with Crippen LogP contribution in [0.25, 0.3) is 87.6 Å². The molecule has 0 aliphatic heterocycles. The molecule has 0 aromatic heterocycles. The summed E-state index contributed by atoms with van der Waals surface area (Å²) in [4.78, 5) is 2.42. The van der Waals surface area contributed by atoms with Crippen LogP contribution in [0.3, 0.4) is 0 Å². The van der Waals surface area contributed by atoms with E-state index >= 15 is 0 Å². The molecule has 0 bridgehead atoms. The summed E-state index contributed by atoms with van der Waals surface area (Å²) >= 11 is 0. The molecule has 0 fully saturated rings. The van der Waals surface area contributed by atoms with E-state index in [0.717, 1.165) is 17.1 Å². The van der Waals surface area contributed by atoms with E-state index in [4.69, 9.17) is 0 Å². The maximum Gasteiger partial charge on any atom is 0.0540 e. The Morgan fingerprint density at radius 2 is 0.717 bits per heavy atom. The van der Waals surface area contributed by atoms with Crippen LogP contribution >= 0.6 is 0 Å². The summed E-state index contributed by atoms with van der Waals surface area (Å²) < 4.78 is 0. The Balaban J connectivity index is 1.03. The molecule has 10 aromatic carbocycles. The average Bonchev–Trinajstić information content (AvgIpc) is 3.23. The summed E-state index contributed by atoms with van der Waals surface area (Å²) in [6, 6.07) is 73.5. The monoisotopic (exact) mass is 671 g/mol. The predicted molar refractivity (Wildman–Crippen MR) is 226 cm³/mol. The van der Waals surface area contributed by atoms with E-state index in [1.165, 1.54) is 87.6 Å². The van der Waals surface area contributed by atoms with Gasteiger partial charge in [0, 0.05) is 16.8 Å². The summed E-state index contributed by atoms with van der Waals surface area (Å²) in [7, 11) is 0. The minimum absolute atomic E-state index is 1.12. The molecule has 0 amide bonds. The first-order valence-corrected chi connectivity index (χ1v) is 18.3. The van der Waals surface area contributed by atoms with E-state index in [0.29, 0.717) is 0 Å². The summed E-state index contributed by atoms with van der Waals surface area (Å²) in [5.74, 6) is 0. The molecule has 1 aliphatic rings. The first-order valence-electron chi connectivity index (χ1n) is 18.3. The second kappa shape index (κ2) is 11.8. The highest BCUT2D eigenvalue weighted by Crippen LogP contribution is 2.52. The van der Waals surface area contributed by atoms with Crippen LogP contribution in [0.5, 0.6) is 0 Å². The first-order chi connectivity index (χ1) is 26.2. The van der Waals surface area contributed by atoms with Crippen LogP contribution in [0.15, 0.2) is 200 Å². The van der Waals surface area contributed by atoms with E-state index < -0.39 is 0 Å². The SMILES string of the molecule is c1ccc(-c2ccc(N(c3ccc(-c4ccc5c(ccc6ccccc65)c4)cc3)c3cccc4cc5c(cc34)-c3cc4ccccc4cc3-5)cc2)cc1. The van der Waals surface area contributed by atoms with Gasteiger partial charge in [-0.3, -0.25) is 0 Å². The molecule has 0 radical (unpaired) electrons. The normalized spacial score (nSPS) is 11.8. The van der Waals surface area contributed by atoms with Crippen LogP contribution < -0.4 is 4.90 Å². The molecule has 0 atom stereocenters. The molecule has 11 rings (SSSR count). The van der Waals surface area contributed by atoms with Crippen LogP contribution in [0, 0.1) is 0 Å². The van der Waals surface area contributed by atoms with Crippen molar-refractivity contribution in [2.75, 3.05) is 4.90 Å². The van der Waals surface area contributed by atoms with E-state index in [1.54, 1.807) is 0 Å². The molecular weight excluding hydrogens is 639 g/mol. The van der Waals surface area contributed by atoms with Crippen molar-refractivity contribution >= 4 is 60.2 Å². The molecule has 1 aliphatic carbocycles. The average molecular weight is 672 g/mol. The van der Waals surface area contributed by atoms with Gasteiger partial charge in [-0.2, -0.15) is 0 Å². The zero-order valence-electron chi connectivity index (χ0n) is 29.0. The van der Waals surface area contributed by atoms with Crippen molar-refractivity contribution in [2.45, 2.75) is 0 Å². The van der Waals surface area contributed by atoms with Crippen molar-refractivity contribution in [3.8, 4) is 44.5 Å². The first kappa shape index (κ1) is 29.7. The van der Waals surface area contributed by atoms with Gasteiger partial charge < -0.3 is 4.90 Å². The van der Waals surface area contributed by atoms with Gasteiger partial charge in [0.05, 0.1) is 5.69 Å². The lowest BCUT2D eigenvalue weighted by Crippen LogP contribution is -2.11. The van der Waals surface area contributed by atoms with Crippen molar-refractivity contribution < 1.29 is 0 Å². The Morgan fingerprint density at radius 1 is 0.245 bits per heavy atom. The highest BCUT2D eigenvalue weighted by Gasteiger charge is 2.25. The molecule has 10 aromatic rings. The van der Waals surface area contributed by atoms with Crippen molar-refractivity contribution in [3.63, 3.8) is 0 Å². The van der Waals surface area contributed by atoms with Gasteiger partial charge in [-0.15, -0.1) is 0 Å². The van der Waals surface area contributed by atoms with Crippen molar-refractivity contribution in [2.24, 2.45) is 0 Å². The zero-order chi connectivity index (χ0) is 34.9. The van der Waals surface area contributed by atoms with Crippen LogP contribution in [-0.4, -0.2) is 0 Å². The minimum atomic E-state index is 1.12. The number of benzene rings is 10. The van der Waals surface area contributed by atoms with Gasteiger partial charge in [0.2, 0.25) is 0 Å². The maximum atomic E-state index is 2.42. The standard InChI is InChI=1S/C52H33N/c1-2-9-34(10-3-1)35-19-24-43(25-20-35)53(44-26-21-36(22-27-44)40-23-28-46-42(29-40)18-17-37-11-6-7-15-45(37)46)52-16-8-14-41-32-50-48-30-38-12-4-5-13-39(38)31-49(48)51(50)33-47(41)52/h1-33H. The van der Waals surface area contributed by atoms with Crippen molar-refractivity contribution in [1.29, 1.82) is 0 Å². The maximum absolute atomic E-state index is 2.42. The Labute approximate surface area is 308 Å². The lowest BCUT2D eigenvalue weighted by Gasteiger charge is -2.30. The molecule has 246 valence electrons. The number of anilines is 3. The topological polar surface area (TPSA) is 3.24 Å². The molecule has 0 heterocycles. The molecule has 0 N–H and O–H groups in total. The van der Waals surface area contributed by atoms with Gasteiger partial charge in [0.25, 0.3) is 0 Å². The van der Waals surface area contributed by atoms with Crippen LogP contribution in [-0.2, 0) is 0 Å². The smallest absolute Gasteiger partial charge is 0.0540 e. The van der Waals surface area contributed by atoms with Gasteiger partial charge in [-0.1, -0.05) is 140 Å². The molecule has 0 unspecified atom stereocenters. The second-order valence-corrected chi connectivity index (χ2v) is 14.2. The van der Waals surface area contributed by atoms with Gasteiger partial charge >= 0.3 is 0 Å². The second-order valence-electron chi connectivity index (χ2n) is 14.2. The number of hydrogen-bond donors (Lipinski definition) is 0. The number of fused-ring (bicyclic) bond motifs is 9. The summed E-state index contributed by atoms with van der Waals surface area (Å²) in [6.45, 7) is 0. The summed E-state index contributed by atoms with van der Waals surface area (Å²) in [6.07, 6.45) is 0. The molecule has 0 spiro atoms. The molecule has 53 heavy (non-hydrogen) atoms. The van der Waals surface area contributed by atoms with Crippen LogP contribution in [0.2, 0.25) is 0 Å². The van der Waals surface area contributed by atoms with E-state index in [-0.39, 0.29) is 0 Å². The minimum Gasteiger partial charge on any atom is -0.310 e. The third-order valence-corrected chi connectivity index (χ3v) is 11.1. The van der Waals surface area contributed by atoms with E-state index in [9.17, 15) is 0 Å². The highest BCUT2D eigenvalue weighted by atomic mass is 15.1. The number of rotatable bonds is 5. The molecule has 0 saturated heterocycles. The molecule has 1 nitrogen and oxygen atoms in total. The van der Waals surface area contributed by atoms with E-state index in [1.807, 2.05) is 0 Å². The Hall–Kier alpha value is -6.96. The summed E-state index contributed by atoms with van der Waals surface area (Å²) in [5, 5.41) is 10.2. The van der Waals surface area contributed by atoms with Crippen LogP contribution in [0.1, 0.15) is 0 Å². The third kappa shape index (κ3) is 4.86. The zero-order valence-corrected chi connectivity index (χ0v) is 29.0. The summed E-state index contributed by atoms with van der Waals surface area (Å²) in [5.41, 5.74) is 13.6.